The minimum Gasteiger partial charge on any atom is -0.363 e. The molecule has 3 heteroatoms. The van der Waals surface area contributed by atoms with Crippen molar-refractivity contribution in [3.8, 4) is 0 Å². The number of amidine groups is 1. The van der Waals surface area contributed by atoms with E-state index >= 15 is 0 Å². The van der Waals surface area contributed by atoms with Gasteiger partial charge < -0.3 is 5.32 Å². The molecule has 1 heterocycles. The van der Waals surface area contributed by atoms with Gasteiger partial charge in [0.2, 0.25) is 0 Å². The molecule has 0 aromatic heterocycles. The highest BCUT2D eigenvalue weighted by Crippen LogP contribution is 2.25. The van der Waals surface area contributed by atoms with E-state index in [1.54, 1.807) is 0 Å². The van der Waals surface area contributed by atoms with Crippen molar-refractivity contribution >= 4 is 16.9 Å². The highest BCUT2D eigenvalue weighted by atomic mass is 32.2. The van der Waals surface area contributed by atoms with Gasteiger partial charge in [0, 0.05) is 11.8 Å². The first-order valence-electron chi connectivity index (χ1n) is 3.99. The van der Waals surface area contributed by atoms with Crippen LogP contribution in [0, 0.1) is 0 Å². The van der Waals surface area contributed by atoms with E-state index in [1.165, 1.54) is 0 Å². The quantitative estimate of drug-likeness (QED) is 0.653. The third-order valence-corrected chi connectivity index (χ3v) is 2.71. The fourth-order valence-corrected chi connectivity index (χ4v) is 2.09. The van der Waals surface area contributed by atoms with Crippen molar-refractivity contribution in [2.45, 2.75) is 39.3 Å². The Morgan fingerprint density at radius 2 is 2.18 bits per heavy atom. The first kappa shape index (κ1) is 8.91. The van der Waals surface area contributed by atoms with Crippen LogP contribution in [-0.4, -0.2) is 22.5 Å². The van der Waals surface area contributed by atoms with Crippen LogP contribution in [0.3, 0.4) is 0 Å². The summed E-state index contributed by atoms with van der Waals surface area (Å²) in [6.07, 6.45) is 0. The predicted molar refractivity (Wildman–Crippen MR) is 52.2 cm³/mol. The third-order valence-electron chi connectivity index (χ3n) is 1.38. The Kier molecular flexibility index (Phi) is 2.47. The SMILES string of the molecule is CC(C)NC1=NC(C)(C)CS1. The summed E-state index contributed by atoms with van der Waals surface area (Å²) < 4.78 is 0. The molecule has 1 aliphatic heterocycles. The van der Waals surface area contributed by atoms with Gasteiger partial charge in [-0.2, -0.15) is 0 Å². The highest BCUT2D eigenvalue weighted by Gasteiger charge is 2.25. The zero-order chi connectivity index (χ0) is 8.48. The van der Waals surface area contributed by atoms with E-state index < -0.39 is 0 Å². The van der Waals surface area contributed by atoms with Crippen LogP contribution in [0.15, 0.2) is 4.99 Å². The molecule has 1 aliphatic rings. The normalized spacial score (nSPS) is 22.1. The van der Waals surface area contributed by atoms with Crippen molar-refractivity contribution in [1.29, 1.82) is 0 Å². The second kappa shape index (κ2) is 3.05. The Labute approximate surface area is 72.9 Å². The van der Waals surface area contributed by atoms with Crippen LogP contribution < -0.4 is 5.32 Å². The number of rotatable bonds is 1. The average molecular weight is 172 g/mol. The predicted octanol–water partition coefficient (Wildman–Crippen LogP) is 1.87. The Hall–Kier alpha value is -0.180. The van der Waals surface area contributed by atoms with Gasteiger partial charge in [0.05, 0.1) is 5.54 Å². The number of thioether (sulfide) groups is 1. The second-order valence-corrected chi connectivity index (χ2v) is 4.78. The molecule has 0 saturated carbocycles. The van der Waals surface area contributed by atoms with E-state index in [0.29, 0.717) is 6.04 Å². The molecule has 0 atom stereocenters. The van der Waals surface area contributed by atoms with Crippen LogP contribution in [0.2, 0.25) is 0 Å². The lowest BCUT2D eigenvalue weighted by atomic mass is 10.1. The maximum absolute atomic E-state index is 4.53. The molecule has 0 amide bonds. The number of nitrogens with one attached hydrogen (secondary N) is 1. The summed E-state index contributed by atoms with van der Waals surface area (Å²) in [4.78, 5) is 4.53. The molecule has 64 valence electrons. The molecular formula is C8H16N2S. The van der Waals surface area contributed by atoms with Crippen LogP contribution >= 0.6 is 11.8 Å². The van der Waals surface area contributed by atoms with Crippen LogP contribution in [0.1, 0.15) is 27.7 Å². The molecule has 0 aromatic carbocycles. The first-order valence-corrected chi connectivity index (χ1v) is 4.97. The monoisotopic (exact) mass is 172 g/mol. The standard InChI is InChI=1S/C8H16N2S/c1-6(2)9-7-10-8(3,4)5-11-7/h6H,5H2,1-4H3,(H,9,10). The van der Waals surface area contributed by atoms with Gasteiger partial charge in [-0.3, -0.25) is 4.99 Å². The van der Waals surface area contributed by atoms with Crippen molar-refractivity contribution in [1.82, 2.24) is 5.32 Å². The van der Waals surface area contributed by atoms with E-state index in [0.717, 1.165) is 10.9 Å². The van der Waals surface area contributed by atoms with E-state index in [9.17, 15) is 0 Å². The molecule has 0 radical (unpaired) electrons. The largest absolute Gasteiger partial charge is 0.363 e. The Balaban J connectivity index is 2.49. The summed E-state index contributed by atoms with van der Waals surface area (Å²) in [5.41, 5.74) is 0.141. The second-order valence-electron chi connectivity index (χ2n) is 3.82. The minimum absolute atomic E-state index is 0.141. The van der Waals surface area contributed by atoms with E-state index in [4.69, 9.17) is 0 Å². The van der Waals surface area contributed by atoms with Gasteiger partial charge in [-0.15, -0.1) is 0 Å². The Morgan fingerprint density at radius 1 is 1.55 bits per heavy atom. The molecule has 0 saturated heterocycles. The molecular weight excluding hydrogens is 156 g/mol. The number of hydrogen-bond acceptors (Lipinski definition) is 3. The summed E-state index contributed by atoms with van der Waals surface area (Å²) in [6.45, 7) is 8.59. The van der Waals surface area contributed by atoms with E-state index in [1.807, 2.05) is 11.8 Å². The molecule has 0 spiro atoms. The molecule has 0 aliphatic carbocycles. The van der Waals surface area contributed by atoms with E-state index in [2.05, 4.69) is 38.0 Å². The van der Waals surface area contributed by atoms with Crippen LogP contribution in [0.4, 0.5) is 0 Å². The highest BCUT2D eigenvalue weighted by molar-refractivity contribution is 8.14. The van der Waals surface area contributed by atoms with Gasteiger partial charge in [-0.1, -0.05) is 11.8 Å². The lowest BCUT2D eigenvalue weighted by molar-refractivity contribution is 0.599. The molecule has 0 bridgehead atoms. The molecule has 1 N–H and O–H groups in total. The van der Waals surface area contributed by atoms with Crippen LogP contribution in [-0.2, 0) is 0 Å². The van der Waals surface area contributed by atoms with Crippen molar-refractivity contribution in [3.63, 3.8) is 0 Å². The lowest BCUT2D eigenvalue weighted by Gasteiger charge is -2.10. The van der Waals surface area contributed by atoms with Gasteiger partial charge in [-0.25, -0.2) is 0 Å². The summed E-state index contributed by atoms with van der Waals surface area (Å²) in [5.74, 6) is 1.10. The fourth-order valence-electron chi connectivity index (χ4n) is 0.905. The smallest absolute Gasteiger partial charge is 0.157 e. The number of hydrogen-bond donors (Lipinski definition) is 1. The molecule has 0 aromatic rings. The molecule has 0 unspecified atom stereocenters. The van der Waals surface area contributed by atoms with Crippen molar-refractivity contribution in [2.24, 2.45) is 4.99 Å². The maximum atomic E-state index is 4.53. The van der Waals surface area contributed by atoms with Crippen LogP contribution in [0.5, 0.6) is 0 Å². The average Bonchev–Trinajstić information content (AvgIpc) is 2.08. The summed E-state index contributed by atoms with van der Waals surface area (Å²) in [7, 11) is 0. The van der Waals surface area contributed by atoms with Gasteiger partial charge in [0.1, 0.15) is 0 Å². The lowest BCUT2D eigenvalue weighted by Crippen LogP contribution is -2.27. The molecule has 2 nitrogen and oxygen atoms in total. The maximum Gasteiger partial charge on any atom is 0.157 e. The Bertz CT molecular complexity index is 173. The zero-order valence-corrected chi connectivity index (χ0v) is 8.46. The summed E-state index contributed by atoms with van der Waals surface area (Å²) >= 11 is 1.82. The van der Waals surface area contributed by atoms with Crippen molar-refractivity contribution in [2.75, 3.05) is 5.75 Å². The molecule has 0 fully saturated rings. The van der Waals surface area contributed by atoms with Gasteiger partial charge in [-0.05, 0) is 27.7 Å². The third kappa shape index (κ3) is 2.73. The minimum atomic E-state index is 0.141. The molecule has 11 heavy (non-hydrogen) atoms. The van der Waals surface area contributed by atoms with Crippen LogP contribution in [0.25, 0.3) is 0 Å². The van der Waals surface area contributed by atoms with Gasteiger partial charge >= 0.3 is 0 Å². The van der Waals surface area contributed by atoms with E-state index in [-0.39, 0.29) is 5.54 Å². The molecule has 1 rings (SSSR count). The van der Waals surface area contributed by atoms with Crippen molar-refractivity contribution in [3.05, 3.63) is 0 Å². The summed E-state index contributed by atoms with van der Waals surface area (Å²) in [5, 5.41) is 4.41. The number of nitrogens with zero attached hydrogens (tertiary/aromatic N) is 1. The van der Waals surface area contributed by atoms with Gasteiger partial charge in [0.15, 0.2) is 5.17 Å². The zero-order valence-electron chi connectivity index (χ0n) is 7.64. The number of aliphatic imine (C=N–C) groups is 1. The van der Waals surface area contributed by atoms with Gasteiger partial charge in [0.25, 0.3) is 0 Å². The fraction of sp³-hybridized carbons (Fsp3) is 0.875. The first-order chi connectivity index (χ1) is 4.99. The van der Waals surface area contributed by atoms with Crippen molar-refractivity contribution < 1.29 is 0 Å². The summed E-state index contributed by atoms with van der Waals surface area (Å²) in [6, 6.07) is 0.496. The topological polar surface area (TPSA) is 24.4 Å². The Morgan fingerprint density at radius 3 is 2.55 bits per heavy atom.